The van der Waals surface area contributed by atoms with Crippen molar-refractivity contribution in [3.05, 3.63) is 34.9 Å². The molecule has 3 rings (SSSR count). The SMILES string of the molecule is Cc1ccc(C(C)NC2CCN(C3CC3)C2)cc1C. The highest BCUT2D eigenvalue weighted by Crippen LogP contribution is 2.30. The molecule has 0 spiro atoms. The first kappa shape index (κ1) is 13.1. The summed E-state index contributed by atoms with van der Waals surface area (Å²) in [4.78, 5) is 2.67. The average molecular weight is 258 g/mol. The first-order valence-corrected chi connectivity index (χ1v) is 7.71. The third-order valence-corrected chi connectivity index (χ3v) is 4.80. The van der Waals surface area contributed by atoms with E-state index in [1.54, 1.807) is 0 Å². The molecule has 2 nitrogen and oxygen atoms in total. The van der Waals surface area contributed by atoms with E-state index in [2.05, 4.69) is 49.2 Å². The largest absolute Gasteiger partial charge is 0.306 e. The summed E-state index contributed by atoms with van der Waals surface area (Å²) >= 11 is 0. The zero-order valence-electron chi connectivity index (χ0n) is 12.4. The highest BCUT2D eigenvalue weighted by Gasteiger charge is 2.34. The minimum absolute atomic E-state index is 0.462. The van der Waals surface area contributed by atoms with E-state index in [0.29, 0.717) is 12.1 Å². The summed E-state index contributed by atoms with van der Waals surface area (Å²) in [5.41, 5.74) is 4.21. The van der Waals surface area contributed by atoms with Gasteiger partial charge in [0.2, 0.25) is 0 Å². The first-order valence-electron chi connectivity index (χ1n) is 7.71. The van der Waals surface area contributed by atoms with Gasteiger partial charge in [-0.05, 0) is 56.7 Å². The van der Waals surface area contributed by atoms with E-state index in [-0.39, 0.29) is 0 Å². The molecule has 1 aromatic rings. The minimum Gasteiger partial charge on any atom is -0.306 e. The molecule has 1 aliphatic carbocycles. The van der Waals surface area contributed by atoms with Crippen molar-refractivity contribution in [1.82, 2.24) is 10.2 Å². The van der Waals surface area contributed by atoms with E-state index < -0.39 is 0 Å². The van der Waals surface area contributed by atoms with E-state index in [1.165, 1.54) is 49.0 Å². The maximum atomic E-state index is 3.81. The van der Waals surface area contributed by atoms with E-state index in [4.69, 9.17) is 0 Å². The Morgan fingerprint density at radius 2 is 1.95 bits per heavy atom. The van der Waals surface area contributed by atoms with Gasteiger partial charge in [-0.25, -0.2) is 0 Å². The average Bonchev–Trinajstić information content (AvgIpc) is 3.14. The summed E-state index contributed by atoms with van der Waals surface area (Å²) in [7, 11) is 0. The zero-order chi connectivity index (χ0) is 13.4. The third-order valence-electron chi connectivity index (χ3n) is 4.80. The van der Waals surface area contributed by atoms with E-state index in [0.717, 1.165) is 6.04 Å². The molecular weight excluding hydrogens is 232 g/mol. The second kappa shape index (κ2) is 5.26. The Bertz CT molecular complexity index is 451. The number of hydrogen-bond donors (Lipinski definition) is 1. The standard InChI is InChI=1S/C17H26N2/c1-12-4-5-15(10-13(12)2)14(3)18-16-8-9-19(11-16)17-6-7-17/h4-5,10,14,16-18H,6-9,11H2,1-3H3. The van der Waals surface area contributed by atoms with Gasteiger partial charge in [-0.3, -0.25) is 4.90 Å². The van der Waals surface area contributed by atoms with Crippen LogP contribution in [0.5, 0.6) is 0 Å². The molecule has 0 radical (unpaired) electrons. The van der Waals surface area contributed by atoms with Crippen LogP contribution in [0.4, 0.5) is 0 Å². The molecule has 1 saturated carbocycles. The van der Waals surface area contributed by atoms with Crippen molar-refractivity contribution in [2.75, 3.05) is 13.1 Å². The van der Waals surface area contributed by atoms with Crippen LogP contribution in [0.3, 0.4) is 0 Å². The molecule has 1 aromatic carbocycles. The first-order chi connectivity index (χ1) is 9.13. The summed E-state index contributed by atoms with van der Waals surface area (Å²) in [6, 6.07) is 8.91. The maximum Gasteiger partial charge on any atom is 0.0294 e. The van der Waals surface area contributed by atoms with Crippen molar-refractivity contribution in [3.8, 4) is 0 Å². The molecule has 2 heteroatoms. The van der Waals surface area contributed by atoms with Crippen LogP contribution in [0, 0.1) is 13.8 Å². The van der Waals surface area contributed by atoms with Crippen LogP contribution in [-0.2, 0) is 0 Å². The smallest absolute Gasteiger partial charge is 0.0294 e. The van der Waals surface area contributed by atoms with Crippen LogP contribution in [0.1, 0.15) is 48.9 Å². The van der Waals surface area contributed by atoms with Crippen LogP contribution >= 0.6 is 0 Å². The lowest BCUT2D eigenvalue weighted by molar-refractivity contribution is 0.313. The summed E-state index contributed by atoms with van der Waals surface area (Å²) < 4.78 is 0. The highest BCUT2D eigenvalue weighted by molar-refractivity contribution is 5.31. The molecule has 104 valence electrons. The normalized spacial score (nSPS) is 25.7. The van der Waals surface area contributed by atoms with E-state index >= 15 is 0 Å². The van der Waals surface area contributed by atoms with Gasteiger partial charge in [-0.15, -0.1) is 0 Å². The number of aryl methyl sites for hydroxylation is 2. The van der Waals surface area contributed by atoms with Crippen molar-refractivity contribution in [2.45, 2.75) is 58.2 Å². The quantitative estimate of drug-likeness (QED) is 0.892. The van der Waals surface area contributed by atoms with Gasteiger partial charge in [0.1, 0.15) is 0 Å². The molecule has 2 aliphatic rings. The Labute approximate surface area is 117 Å². The number of nitrogens with one attached hydrogen (secondary N) is 1. The fraction of sp³-hybridized carbons (Fsp3) is 0.647. The number of hydrogen-bond acceptors (Lipinski definition) is 2. The Kier molecular flexibility index (Phi) is 3.64. The minimum atomic E-state index is 0.462. The molecule has 2 unspecified atom stereocenters. The Morgan fingerprint density at radius 1 is 1.16 bits per heavy atom. The number of likely N-dealkylation sites (tertiary alicyclic amines) is 1. The molecule has 19 heavy (non-hydrogen) atoms. The lowest BCUT2D eigenvalue weighted by Gasteiger charge is -2.21. The Morgan fingerprint density at radius 3 is 2.63 bits per heavy atom. The number of benzene rings is 1. The second-order valence-corrected chi connectivity index (χ2v) is 6.44. The summed E-state index contributed by atoms with van der Waals surface area (Å²) in [5, 5.41) is 3.81. The molecule has 2 fully saturated rings. The monoisotopic (exact) mass is 258 g/mol. The lowest BCUT2D eigenvalue weighted by atomic mass is 10.0. The summed E-state index contributed by atoms with van der Waals surface area (Å²) in [6.07, 6.45) is 4.17. The van der Waals surface area contributed by atoms with Crippen molar-refractivity contribution < 1.29 is 0 Å². The molecule has 2 atom stereocenters. The number of nitrogens with zero attached hydrogens (tertiary/aromatic N) is 1. The molecular formula is C17H26N2. The van der Waals surface area contributed by atoms with Gasteiger partial charge in [0, 0.05) is 31.2 Å². The third kappa shape index (κ3) is 3.01. The van der Waals surface area contributed by atoms with Crippen LogP contribution in [0.15, 0.2) is 18.2 Å². The van der Waals surface area contributed by atoms with Gasteiger partial charge >= 0.3 is 0 Å². The predicted octanol–water partition coefficient (Wildman–Crippen LogP) is 3.19. The predicted molar refractivity (Wildman–Crippen MR) is 80.5 cm³/mol. The molecule has 0 bridgehead atoms. The van der Waals surface area contributed by atoms with Crippen molar-refractivity contribution in [2.24, 2.45) is 0 Å². The van der Waals surface area contributed by atoms with Crippen molar-refractivity contribution in [1.29, 1.82) is 0 Å². The van der Waals surface area contributed by atoms with E-state index in [1.807, 2.05) is 0 Å². The molecule has 0 aromatic heterocycles. The molecule has 1 heterocycles. The molecule has 1 aliphatic heterocycles. The lowest BCUT2D eigenvalue weighted by Crippen LogP contribution is -2.35. The van der Waals surface area contributed by atoms with Gasteiger partial charge in [0.25, 0.3) is 0 Å². The van der Waals surface area contributed by atoms with E-state index in [9.17, 15) is 0 Å². The Hall–Kier alpha value is -0.860. The van der Waals surface area contributed by atoms with Gasteiger partial charge in [0.05, 0.1) is 0 Å². The highest BCUT2D eigenvalue weighted by atomic mass is 15.2. The van der Waals surface area contributed by atoms with Gasteiger partial charge in [-0.2, -0.15) is 0 Å². The van der Waals surface area contributed by atoms with Crippen LogP contribution < -0.4 is 5.32 Å². The maximum absolute atomic E-state index is 3.81. The van der Waals surface area contributed by atoms with Crippen LogP contribution in [0.25, 0.3) is 0 Å². The second-order valence-electron chi connectivity index (χ2n) is 6.44. The molecule has 1 saturated heterocycles. The van der Waals surface area contributed by atoms with Gasteiger partial charge in [-0.1, -0.05) is 18.2 Å². The molecule has 0 amide bonds. The topological polar surface area (TPSA) is 15.3 Å². The Balaban J connectivity index is 1.58. The van der Waals surface area contributed by atoms with Crippen LogP contribution in [0.2, 0.25) is 0 Å². The van der Waals surface area contributed by atoms with Crippen LogP contribution in [-0.4, -0.2) is 30.1 Å². The fourth-order valence-corrected chi connectivity index (χ4v) is 3.18. The fourth-order valence-electron chi connectivity index (χ4n) is 3.18. The summed E-state index contributed by atoms with van der Waals surface area (Å²) in [6.45, 7) is 9.23. The zero-order valence-corrected chi connectivity index (χ0v) is 12.4. The van der Waals surface area contributed by atoms with Crippen molar-refractivity contribution in [3.63, 3.8) is 0 Å². The molecule has 1 N–H and O–H groups in total. The van der Waals surface area contributed by atoms with Gasteiger partial charge < -0.3 is 5.32 Å². The summed E-state index contributed by atoms with van der Waals surface area (Å²) in [5.74, 6) is 0. The number of rotatable bonds is 4. The van der Waals surface area contributed by atoms with Gasteiger partial charge in [0.15, 0.2) is 0 Å². The van der Waals surface area contributed by atoms with Crippen molar-refractivity contribution >= 4 is 0 Å².